The molecule has 1 atom stereocenters. The van der Waals surface area contributed by atoms with Crippen molar-refractivity contribution in [2.45, 2.75) is 25.3 Å². The van der Waals surface area contributed by atoms with Crippen molar-refractivity contribution in [1.82, 2.24) is 5.32 Å². The summed E-state index contributed by atoms with van der Waals surface area (Å²) in [6.45, 7) is 0.569. The molecule has 0 aliphatic rings. The SMILES string of the molecule is NCCCC[C@@H](NC(N)=S)C(=O)O. The van der Waals surface area contributed by atoms with Gasteiger partial charge in [0, 0.05) is 0 Å². The molecule has 0 fully saturated rings. The fourth-order valence-corrected chi connectivity index (χ4v) is 1.06. The molecular weight excluding hydrogens is 190 g/mol. The van der Waals surface area contributed by atoms with Crippen LogP contribution in [0.3, 0.4) is 0 Å². The van der Waals surface area contributed by atoms with Crippen LogP contribution in [0.2, 0.25) is 0 Å². The van der Waals surface area contributed by atoms with Crippen LogP contribution in [0.4, 0.5) is 0 Å². The lowest BCUT2D eigenvalue weighted by Gasteiger charge is -2.13. The van der Waals surface area contributed by atoms with E-state index in [4.69, 9.17) is 16.6 Å². The van der Waals surface area contributed by atoms with Crippen LogP contribution >= 0.6 is 12.2 Å². The number of carboxylic acids is 1. The topological polar surface area (TPSA) is 101 Å². The first-order chi connectivity index (χ1) is 6.07. The molecule has 0 radical (unpaired) electrons. The zero-order chi connectivity index (χ0) is 10.3. The molecule has 5 nitrogen and oxygen atoms in total. The van der Waals surface area contributed by atoms with E-state index >= 15 is 0 Å². The molecule has 0 aliphatic heterocycles. The number of nitrogens with one attached hydrogen (secondary N) is 1. The summed E-state index contributed by atoms with van der Waals surface area (Å²) in [5.41, 5.74) is 10.4. The van der Waals surface area contributed by atoms with E-state index in [9.17, 15) is 4.79 Å². The van der Waals surface area contributed by atoms with Gasteiger partial charge in [0.1, 0.15) is 6.04 Å². The summed E-state index contributed by atoms with van der Waals surface area (Å²) in [7, 11) is 0. The van der Waals surface area contributed by atoms with E-state index in [-0.39, 0.29) is 5.11 Å². The second-order valence-electron chi connectivity index (χ2n) is 2.68. The van der Waals surface area contributed by atoms with Gasteiger partial charge in [0.2, 0.25) is 0 Å². The first-order valence-electron chi connectivity index (χ1n) is 4.06. The van der Waals surface area contributed by atoms with Crippen LogP contribution in [0.25, 0.3) is 0 Å². The smallest absolute Gasteiger partial charge is 0.326 e. The summed E-state index contributed by atoms with van der Waals surface area (Å²) in [6.07, 6.45) is 2.05. The molecule has 0 aliphatic carbocycles. The average molecular weight is 205 g/mol. The minimum atomic E-state index is -0.940. The van der Waals surface area contributed by atoms with Crippen LogP contribution in [0.15, 0.2) is 0 Å². The summed E-state index contributed by atoms with van der Waals surface area (Å²) >= 11 is 4.55. The van der Waals surface area contributed by atoms with Crippen LogP contribution in [-0.2, 0) is 4.79 Å². The number of rotatable bonds is 6. The Morgan fingerprint density at radius 1 is 1.54 bits per heavy atom. The predicted molar refractivity (Wildman–Crippen MR) is 54.3 cm³/mol. The summed E-state index contributed by atoms with van der Waals surface area (Å²) < 4.78 is 0. The highest BCUT2D eigenvalue weighted by Gasteiger charge is 2.16. The Morgan fingerprint density at radius 2 is 2.15 bits per heavy atom. The fourth-order valence-electron chi connectivity index (χ4n) is 0.922. The lowest BCUT2D eigenvalue weighted by molar-refractivity contribution is -0.139. The Bertz CT molecular complexity index is 187. The van der Waals surface area contributed by atoms with Crippen molar-refractivity contribution < 1.29 is 9.90 Å². The molecule has 76 valence electrons. The fraction of sp³-hybridized carbons (Fsp3) is 0.714. The van der Waals surface area contributed by atoms with Crippen LogP contribution in [0.1, 0.15) is 19.3 Å². The molecule has 0 unspecified atom stereocenters. The van der Waals surface area contributed by atoms with Gasteiger partial charge < -0.3 is 21.9 Å². The lowest BCUT2D eigenvalue weighted by Crippen LogP contribution is -2.43. The highest BCUT2D eigenvalue weighted by Crippen LogP contribution is 2.00. The molecule has 0 bridgehead atoms. The first-order valence-corrected chi connectivity index (χ1v) is 4.47. The van der Waals surface area contributed by atoms with Gasteiger partial charge in [-0.25, -0.2) is 4.79 Å². The minimum Gasteiger partial charge on any atom is -0.480 e. The van der Waals surface area contributed by atoms with Gasteiger partial charge in [-0.15, -0.1) is 0 Å². The monoisotopic (exact) mass is 205 g/mol. The zero-order valence-corrected chi connectivity index (χ0v) is 8.14. The summed E-state index contributed by atoms with van der Waals surface area (Å²) in [5, 5.41) is 11.2. The van der Waals surface area contributed by atoms with Crippen LogP contribution < -0.4 is 16.8 Å². The van der Waals surface area contributed by atoms with Gasteiger partial charge in [-0.05, 0) is 38.0 Å². The molecule has 0 aromatic rings. The van der Waals surface area contributed by atoms with Crippen molar-refractivity contribution in [1.29, 1.82) is 0 Å². The van der Waals surface area contributed by atoms with Crippen molar-refractivity contribution in [3.05, 3.63) is 0 Å². The second-order valence-corrected chi connectivity index (χ2v) is 3.12. The number of thiocarbonyl (C=S) groups is 1. The Hall–Kier alpha value is -0.880. The number of carboxylic acid groups (broad SMARTS) is 1. The van der Waals surface area contributed by atoms with E-state index in [1.165, 1.54) is 0 Å². The second kappa shape index (κ2) is 6.62. The van der Waals surface area contributed by atoms with Gasteiger partial charge in [-0.2, -0.15) is 0 Å². The van der Waals surface area contributed by atoms with Crippen molar-refractivity contribution in [3.63, 3.8) is 0 Å². The maximum atomic E-state index is 10.6. The molecule has 0 aromatic carbocycles. The van der Waals surface area contributed by atoms with E-state index in [1.54, 1.807) is 0 Å². The third kappa shape index (κ3) is 6.30. The molecule has 0 aromatic heterocycles. The van der Waals surface area contributed by atoms with Crippen molar-refractivity contribution >= 4 is 23.3 Å². The van der Waals surface area contributed by atoms with E-state index in [2.05, 4.69) is 17.5 Å². The number of carbonyl (C=O) groups is 1. The number of nitrogens with two attached hydrogens (primary N) is 2. The summed E-state index contributed by atoms with van der Waals surface area (Å²) in [5.74, 6) is -0.940. The largest absolute Gasteiger partial charge is 0.480 e. The predicted octanol–water partition coefficient (Wildman–Crippen LogP) is -0.598. The Kier molecular flexibility index (Phi) is 6.17. The highest BCUT2D eigenvalue weighted by atomic mass is 32.1. The summed E-state index contributed by atoms with van der Waals surface area (Å²) in [6, 6.07) is -0.691. The molecule has 0 rings (SSSR count). The Labute approximate surface area is 82.5 Å². The Balaban J connectivity index is 3.81. The molecule has 6 N–H and O–H groups in total. The average Bonchev–Trinajstić information content (AvgIpc) is 2.02. The zero-order valence-electron chi connectivity index (χ0n) is 7.32. The standard InChI is InChI=1S/C7H15N3O2S/c8-4-2-1-3-5(6(11)12)10-7(9)13/h5H,1-4,8H2,(H,11,12)(H3,9,10,13)/t5-/m1/s1. The van der Waals surface area contributed by atoms with Crippen LogP contribution in [0.5, 0.6) is 0 Å². The molecular formula is C7H15N3O2S. The third-order valence-electron chi connectivity index (χ3n) is 1.56. The Morgan fingerprint density at radius 3 is 2.54 bits per heavy atom. The van der Waals surface area contributed by atoms with Crippen LogP contribution in [-0.4, -0.2) is 28.8 Å². The molecule has 6 heteroatoms. The van der Waals surface area contributed by atoms with Gasteiger partial charge in [0.05, 0.1) is 0 Å². The van der Waals surface area contributed by atoms with E-state index in [0.29, 0.717) is 13.0 Å². The van der Waals surface area contributed by atoms with Gasteiger partial charge in [-0.1, -0.05) is 0 Å². The van der Waals surface area contributed by atoms with Crippen LogP contribution in [0, 0.1) is 0 Å². The van der Waals surface area contributed by atoms with E-state index < -0.39 is 12.0 Å². The normalized spacial score (nSPS) is 12.1. The van der Waals surface area contributed by atoms with Crippen molar-refractivity contribution in [2.24, 2.45) is 11.5 Å². The molecule has 13 heavy (non-hydrogen) atoms. The highest BCUT2D eigenvalue weighted by molar-refractivity contribution is 7.80. The number of hydrogen-bond donors (Lipinski definition) is 4. The molecule has 0 amide bonds. The lowest BCUT2D eigenvalue weighted by atomic mass is 10.1. The molecule has 0 saturated carbocycles. The molecule has 0 saturated heterocycles. The van der Waals surface area contributed by atoms with Gasteiger partial charge in [0.15, 0.2) is 5.11 Å². The van der Waals surface area contributed by atoms with E-state index in [1.807, 2.05) is 0 Å². The van der Waals surface area contributed by atoms with Crippen molar-refractivity contribution in [3.8, 4) is 0 Å². The molecule has 0 heterocycles. The van der Waals surface area contributed by atoms with Gasteiger partial charge in [-0.3, -0.25) is 0 Å². The van der Waals surface area contributed by atoms with Gasteiger partial charge in [0.25, 0.3) is 0 Å². The summed E-state index contributed by atoms with van der Waals surface area (Å²) in [4.78, 5) is 10.6. The molecule has 0 spiro atoms. The van der Waals surface area contributed by atoms with E-state index in [0.717, 1.165) is 12.8 Å². The number of unbranched alkanes of at least 4 members (excludes halogenated alkanes) is 1. The van der Waals surface area contributed by atoms with Gasteiger partial charge >= 0.3 is 5.97 Å². The number of hydrogen-bond acceptors (Lipinski definition) is 3. The first kappa shape index (κ1) is 12.1. The third-order valence-corrected chi connectivity index (χ3v) is 1.68. The maximum Gasteiger partial charge on any atom is 0.326 e. The quantitative estimate of drug-likeness (QED) is 0.341. The van der Waals surface area contributed by atoms with Crippen molar-refractivity contribution in [2.75, 3.05) is 6.54 Å². The number of aliphatic carboxylic acids is 1. The minimum absolute atomic E-state index is 0.0140. The maximum absolute atomic E-state index is 10.6.